The van der Waals surface area contributed by atoms with E-state index in [9.17, 15) is 26.3 Å². The topological polar surface area (TPSA) is 35.2 Å². The number of rotatable bonds is 2. The molecule has 1 heterocycles. The molecule has 1 aliphatic heterocycles. The van der Waals surface area contributed by atoms with Gasteiger partial charge in [0.05, 0.1) is 11.1 Å². The maximum atomic E-state index is 13.4. The quantitative estimate of drug-likeness (QED) is 0.746. The molecule has 2 aromatic carbocycles. The average molecular weight is 375 g/mol. The smallest absolute Gasteiger partial charge is 0.417 e. The Bertz CT molecular complexity index is 812. The molecule has 140 valence electrons. The number of hydrogen-bond acceptors (Lipinski definition) is 2. The summed E-state index contributed by atoms with van der Waals surface area (Å²) in [5, 5.41) is 0. The summed E-state index contributed by atoms with van der Waals surface area (Å²) >= 11 is 0. The van der Waals surface area contributed by atoms with Gasteiger partial charge in [-0.2, -0.15) is 26.3 Å². The number of halogens is 6. The van der Waals surface area contributed by atoms with Crippen LogP contribution in [0.5, 0.6) is 5.75 Å². The van der Waals surface area contributed by atoms with Crippen LogP contribution >= 0.6 is 0 Å². The molecule has 0 fully saturated rings. The molecule has 2 nitrogen and oxygen atoms in total. The van der Waals surface area contributed by atoms with Gasteiger partial charge in [0.2, 0.25) is 0 Å². The fraction of sp³-hybridized carbons (Fsp3) is 0.333. The minimum absolute atomic E-state index is 0.113. The van der Waals surface area contributed by atoms with Gasteiger partial charge in [-0.15, -0.1) is 0 Å². The first-order valence-corrected chi connectivity index (χ1v) is 7.88. The fourth-order valence-corrected chi connectivity index (χ4v) is 3.03. The van der Waals surface area contributed by atoms with E-state index in [0.717, 1.165) is 6.07 Å². The maximum absolute atomic E-state index is 13.4. The Hall–Kier alpha value is -2.22. The molecule has 0 unspecified atom stereocenters. The van der Waals surface area contributed by atoms with Crippen molar-refractivity contribution < 1.29 is 31.1 Å². The minimum atomic E-state index is -4.94. The summed E-state index contributed by atoms with van der Waals surface area (Å²) in [5.41, 5.74) is 3.36. The lowest BCUT2D eigenvalue weighted by Gasteiger charge is -2.28. The van der Waals surface area contributed by atoms with Gasteiger partial charge in [0.25, 0.3) is 0 Å². The molecule has 0 aliphatic carbocycles. The SMILES string of the molecule is NC[C@H]1CCc2cccc(-c3ccc(C(F)(F)F)cc3C(F)(F)F)c2O1. The Labute approximate surface area is 145 Å². The van der Waals surface area contributed by atoms with Crippen molar-refractivity contribution in [3.05, 3.63) is 53.1 Å². The summed E-state index contributed by atoms with van der Waals surface area (Å²) < 4.78 is 84.6. The summed E-state index contributed by atoms with van der Waals surface area (Å²) in [6.07, 6.45) is -8.94. The zero-order valence-electron chi connectivity index (χ0n) is 13.4. The van der Waals surface area contributed by atoms with Crippen LogP contribution in [0.2, 0.25) is 0 Å². The maximum Gasteiger partial charge on any atom is 0.417 e. The number of alkyl halides is 6. The van der Waals surface area contributed by atoms with Crippen molar-refractivity contribution in [3.8, 4) is 16.9 Å². The first-order chi connectivity index (χ1) is 12.1. The van der Waals surface area contributed by atoms with Crippen LogP contribution in [0.3, 0.4) is 0 Å². The fourth-order valence-electron chi connectivity index (χ4n) is 3.03. The third kappa shape index (κ3) is 3.51. The monoisotopic (exact) mass is 375 g/mol. The summed E-state index contributed by atoms with van der Waals surface area (Å²) in [7, 11) is 0. The lowest BCUT2D eigenvalue weighted by atomic mass is 9.92. The second-order valence-electron chi connectivity index (χ2n) is 6.06. The van der Waals surface area contributed by atoms with Crippen LogP contribution in [0.15, 0.2) is 36.4 Å². The van der Waals surface area contributed by atoms with Gasteiger partial charge in [-0.25, -0.2) is 0 Å². The zero-order chi connectivity index (χ0) is 19.1. The van der Waals surface area contributed by atoms with E-state index in [1.54, 1.807) is 12.1 Å². The summed E-state index contributed by atoms with van der Waals surface area (Å²) in [6.45, 7) is 0.201. The van der Waals surface area contributed by atoms with Gasteiger partial charge in [-0.3, -0.25) is 0 Å². The number of hydrogen-bond donors (Lipinski definition) is 1. The van der Waals surface area contributed by atoms with E-state index in [4.69, 9.17) is 10.5 Å². The first-order valence-electron chi connectivity index (χ1n) is 7.88. The minimum Gasteiger partial charge on any atom is -0.488 e. The molecule has 0 amide bonds. The molecule has 2 aromatic rings. The Balaban J connectivity index is 2.19. The van der Waals surface area contributed by atoms with Crippen LogP contribution in [0.25, 0.3) is 11.1 Å². The van der Waals surface area contributed by atoms with E-state index in [2.05, 4.69) is 0 Å². The van der Waals surface area contributed by atoms with Crippen LogP contribution in [-0.4, -0.2) is 12.6 Å². The number of para-hydroxylation sites is 1. The molecule has 1 atom stereocenters. The molecule has 2 N–H and O–H groups in total. The van der Waals surface area contributed by atoms with E-state index in [0.29, 0.717) is 24.5 Å². The number of nitrogens with two attached hydrogens (primary N) is 1. The van der Waals surface area contributed by atoms with Gasteiger partial charge in [-0.1, -0.05) is 24.3 Å². The van der Waals surface area contributed by atoms with Crippen molar-refractivity contribution in [1.29, 1.82) is 0 Å². The van der Waals surface area contributed by atoms with Crippen molar-refractivity contribution in [1.82, 2.24) is 0 Å². The molecule has 0 bridgehead atoms. The van der Waals surface area contributed by atoms with Gasteiger partial charge in [0.15, 0.2) is 0 Å². The molecule has 0 aromatic heterocycles. The highest BCUT2D eigenvalue weighted by atomic mass is 19.4. The number of aryl methyl sites for hydroxylation is 1. The molecule has 8 heteroatoms. The predicted octanol–water partition coefficient (Wildman–Crippen LogP) is 5.04. The van der Waals surface area contributed by atoms with Crippen LogP contribution in [0.4, 0.5) is 26.3 Å². The molecule has 26 heavy (non-hydrogen) atoms. The van der Waals surface area contributed by atoms with Crippen molar-refractivity contribution >= 4 is 0 Å². The highest BCUT2D eigenvalue weighted by Crippen LogP contribution is 2.45. The van der Waals surface area contributed by atoms with Crippen molar-refractivity contribution in [2.24, 2.45) is 5.73 Å². The molecule has 3 rings (SSSR count). The summed E-state index contributed by atoms with van der Waals surface area (Å²) in [5.74, 6) is 0.249. The zero-order valence-corrected chi connectivity index (χ0v) is 13.4. The Morgan fingerprint density at radius 1 is 0.962 bits per heavy atom. The van der Waals surface area contributed by atoms with E-state index in [1.165, 1.54) is 6.07 Å². The molecular formula is C18H15F6NO. The molecule has 0 radical (unpaired) electrons. The first kappa shape index (κ1) is 18.6. The standard InChI is InChI=1S/C18H15F6NO/c19-17(20,21)11-5-7-13(15(8-11)18(22,23)24)14-3-1-2-10-4-6-12(9-25)26-16(10)14/h1-3,5,7-8,12H,4,6,9,25H2/t12-/m1/s1. The van der Waals surface area contributed by atoms with E-state index >= 15 is 0 Å². The summed E-state index contributed by atoms with van der Waals surface area (Å²) in [6, 6.07) is 6.33. The van der Waals surface area contributed by atoms with Crippen molar-refractivity contribution in [3.63, 3.8) is 0 Å². The van der Waals surface area contributed by atoms with Gasteiger partial charge in [0, 0.05) is 12.1 Å². The normalized spacial score (nSPS) is 17.6. The molecule has 0 saturated heterocycles. The molecule has 0 saturated carbocycles. The van der Waals surface area contributed by atoms with Crippen molar-refractivity contribution in [2.75, 3.05) is 6.54 Å². The van der Waals surface area contributed by atoms with Crippen LogP contribution in [0, 0.1) is 0 Å². The third-order valence-corrected chi connectivity index (χ3v) is 4.32. The molecule has 1 aliphatic rings. The van der Waals surface area contributed by atoms with Gasteiger partial charge >= 0.3 is 12.4 Å². The summed E-state index contributed by atoms with van der Waals surface area (Å²) in [4.78, 5) is 0. The molecular weight excluding hydrogens is 360 g/mol. The van der Waals surface area contributed by atoms with Crippen LogP contribution < -0.4 is 10.5 Å². The van der Waals surface area contributed by atoms with E-state index in [1.807, 2.05) is 0 Å². The average Bonchev–Trinajstić information content (AvgIpc) is 2.58. The van der Waals surface area contributed by atoms with Gasteiger partial charge in [-0.05, 0) is 36.1 Å². The second-order valence-corrected chi connectivity index (χ2v) is 6.06. The Morgan fingerprint density at radius 2 is 1.69 bits per heavy atom. The van der Waals surface area contributed by atoms with E-state index < -0.39 is 23.5 Å². The largest absolute Gasteiger partial charge is 0.488 e. The van der Waals surface area contributed by atoms with Gasteiger partial charge < -0.3 is 10.5 Å². The number of benzene rings is 2. The highest BCUT2D eigenvalue weighted by Gasteiger charge is 2.39. The van der Waals surface area contributed by atoms with Crippen LogP contribution in [0.1, 0.15) is 23.1 Å². The second kappa shape index (κ2) is 6.50. The van der Waals surface area contributed by atoms with Crippen molar-refractivity contribution in [2.45, 2.75) is 31.3 Å². The third-order valence-electron chi connectivity index (χ3n) is 4.32. The Kier molecular flexibility index (Phi) is 4.64. The lowest BCUT2D eigenvalue weighted by molar-refractivity contribution is -0.142. The number of ether oxygens (including phenoxy) is 1. The number of fused-ring (bicyclic) bond motifs is 1. The highest BCUT2D eigenvalue weighted by molar-refractivity contribution is 5.76. The van der Waals surface area contributed by atoms with Crippen LogP contribution in [-0.2, 0) is 18.8 Å². The van der Waals surface area contributed by atoms with Gasteiger partial charge in [0.1, 0.15) is 11.9 Å². The lowest BCUT2D eigenvalue weighted by Crippen LogP contribution is -2.30. The Morgan fingerprint density at radius 3 is 2.31 bits per heavy atom. The molecule has 0 spiro atoms. The predicted molar refractivity (Wildman–Crippen MR) is 83.7 cm³/mol. The van der Waals surface area contributed by atoms with E-state index in [-0.39, 0.29) is 35.6 Å².